The Balaban J connectivity index is 1.54. The molecule has 2 aliphatic heterocycles. The summed E-state index contributed by atoms with van der Waals surface area (Å²) >= 11 is 0. The van der Waals surface area contributed by atoms with Crippen molar-refractivity contribution < 1.29 is 9.53 Å². The number of piperidine rings is 1. The molecule has 0 unspecified atom stereocenters. The lowest BCUT2D eigenvalue weighted by molar-refractivity contribution is -0.0754. The van der Waals surface area contributed by atoms with Gasteiger partial charge in [-0.1, -0.05) is 18.1 Å². The highest BCUT2D eigenvalue weighted by Gasteiger charge is 2.38. The monoisotopic (exact) mass is 333 g/mol. The average molecular weight is 333 g/mol. The van der Waals surface area contributed by atoms with Gasteiger partial charge in [0.25, 0.3) is 5.91 Å². The predicted molar refractivity (Wildman–Crippen MR) is 88.9 cm³/mol. The predicted octanol–water partition coefficient (Wildman–Crippen LogP) is 1.29. The van der Waals surface area contributed by atoms with Crippen molar-refractivity contribution in [1.82, 2.24) is 25.2 Å². The van der Waals surface area contributed by atoms with Crippen LogP contribution in [0.1, 0.15) is 60.7 Å². The first-order valence-electron chi connectivity index (χ1n) is 9.31. The summed E-state index contributed by atoms with van der Waals surface area (Å²) in [5.74, 6) is 0.0351. The molecule has 0 spiro atoms. The highest BCUT2D eigenvalue weighted by atomic mass is 16.5. The summed E-state index contributed by atoms with van der Waals surface area (Å²) in [6.45, 7) is 5.28. The number of fused-ring (bicyclic) bond motifs is 1. The number of aromatic nitrogens is 3. The molecular formula is C17H27N5O2. The van der Waals surface area contributed by atoms with Crippen LogP contribution in [-0.4, -0.2) is 64.2 Å². The van der Waals surface area contributed by atoms with Crippen LogP contribution in [0.4, 0.5) is 0 Å². The summed E-state index contributed by atoms with van der Waals surface area (Å²) in [6, 6.07) is 0.566. The zero-order valence-electron chi connectivity index (χ0n) is 14.4. The molecule has 1 amide bonds. The summed E-state index contributed by atoms with van der Waals surface area (Å²) in [7, 11) is 0. The molecular weight excluding hydrogens is 306 g/mol. The second-order valence-corrected chi connectivity index (χ2v) is 7.21. The lowest BCUT2D eigenvalue weighted by Gasteiger charge is -2.43. The van der Waals surface area contributed by atoms with Gasteiger partial charge in [0, 0.05) is 6.54 Å². The van der Waals surface area contributed by atoms with Gasteiger partial charge in [-0.05, 0) is 45.7 Å². The maximum Gasteiger partial charge on any atom is 0.276 e. The third kappa shape index (κ3) is 2.84. The van der Waals surface area contributed by atoms with Crippen LogP contribution in [0.2, 0.25) is 0 Å². The van der Waals surface area contributed by atoms with E-state index in [1.807, 2.05) is 16.5 Å². The fourth-order valence-electron chi connectivity index (χ4n) is 4.42. The van der Waals surface area contributed by atoms with Crippen molar-refractivity contribution in [2.45, 2.75) is 63.6 Å². The van der Waals surface area contributed by atoms with Crippen molar-refractivity contribution in [3.8, 4) is 0 Å². The second kappa shape index (κ2) is 6.80. The molecule has 24 heavy (non-hydrogen) atoms. The smallest absolute Gasteiger partial charge is 0.276 e. The Morgan fingerprint density at radius 2 is 2.00 bits per heavy atom. The fourth-order valence-corrected chi connectivity index (χ4v) is 4.42. The number of nitrogens with one attached hydrogen (secondary N) is 1. The summed E-state index contributed by atoms with van der Waals surface area (Å²) < 4.78 is 7.85. The summed E-state index contributed by atoms with van der Waals surface area (Å²) in [6.07, 6.45) is 6.77. The molecule has 3 heterocycles. The van der Waals surface area contributed by atoms with Gasteiger partial charge in [-0.15, -0.1) is 5.10 Å². The normalized spacial score (nSPS) is 28.6. The molecule has 7 nitrogen and oxygen atoms in total. The van der Waals surface area contributed by atoms with Crippen molar-refractivity contribution in [3.63, 3.8) is 0 Å². The molecule has 3 aliphatic rings. The van der Waals surface area contributed by atoms with Crippen molar-refractivity contribution >= 4 is 5.91 Å². The first-order valence-corrected chi connectivity index (χ1v) is 9.31. The van der Waals surface area contributed by atoms with Gasteiger partial charge in [-0.25, -0.2) is 4.68 Å². The number of nitrogens with zero attached hydrogens (tertiary/aromatic N) is 4. The van der Waals surface area contributed by atoms with E-state index in [1.54, 1.807) is 0 Å². The van der Waals surface area contributed by atoms with Crippen molar-refractivity contribution in [3.05, 3.63) is 11.4 Å². The number of amides is 1. The molecule has 3 fully saturated rings. The fraction of sp³-hybridized carbons (Fsp3) is 0.824. The largest absolute Gasteiger partial charge is 0.374 e. The van der Waals surface area contributed by atoms with Crippen LogP contribution in [0.5, 0.6) is 0 Å². The Bertz CT molecular complexity index is 594. The van der Waals surface area contributed by atoms with Gasteiger partial charge in [0.05, 0.1) is 30.5 Å². The minimum atomic E-state index is 0.0351. The van der Waals surface area contributed by atoms with E-state index in [0.29, 0.717) is 24.9 Å². The number of ether oxygens (including phenoxy) is 1. The molecule has 0 bridgehead atoms. The summed E-state index contributed by atoms with van der Waals surface area (Å²) in [5.41, 5.74) is 1.44. The van der Waals surface area contributed by atoms with Crippen LogP contribution in [0.25, 0.3) is 0 Å². The first kappa shape index (κ1) is 16.0. The van der Waals surface area contributed by atoms with E-state index < -0.39 is 0 Å². The number of hydrogen-bond acceptors (Lipinski definition) is 5. The number of morpholine rings is 1. The van der Waals surface area contributed by atoms with Gasteiger partial charge in [0.15, 0.2) is 5.69 Å². The Kier molecular flexibility index (Phi) is 4.54. The average Bonchev–Trinajstić information content (AvgIpc) is 3.03. The molecule has 1 saturated carbocycles. The van der Waals surface area contributed by atoms with Gasteiger partial charge < -0.3 is 15.0 Å². The third-order valence-corrected chi connectivity index (χ3v) is 5.78. The molecule has 1 N–H and O–H groups in total. The van der Waals surface area contributed by atoms with Crippen LogP contribution < -0.4 is 5.32 Å². The Morgan fingerprint density at radius 1 is 1.21 bits per heavy atom. The number of carbonyl (C=O) groups excluding carboxylic acids is 1. The molecule has 1 aromatic heterocycles. The SMILES string of the molecule is Cc1c(C(=O)N2CCO[C@H]3CCCC[C@@H]32)nnn1C1CCNCC1. The number of rotatable bonds is 2. The van der Waals surface area contributed by atoms with E-state index in [1.165, 1.54) is 12.8 Å². The van der Waals surface area contributed by atoms with Gasteiger partial charge in [0.2, 0.25) is 0 Å². The lowest BCUT2D eigenvalue weighted by Crippen LogP contribution is -2.55. The highest BCUT2D eigenvalue weighted by molar-refractivity contribution is 5.93. The van der Waals surface area contributed by atoms with Crippen molar-refractivity contribution in [2.75, 3.05) is 26.2 Å². The maximum absolute atomic E-state index is 13.1. The minimum Gasteiger partial charge on any atom is -0.374 e. The molecule has 0 radical (unpaired) electrons. The van der Waals surface area contributed by atoms with E-state index in [4.69, 9.17) is 4.74 Å². The summed E-state index contributed by atoms with van der Waals surface area (Å²) in [5, 5.41) is 11.9. The molecule has 4 rings (SSSR count). The highest BCUT2D eigenvalue weighted by Crippen LogP contribution is 2.30. The van der Waals surface area contributed by atoms with Crippen molar-refractivity contribution in [2.24, 2.45) is 0 Å². The van der Waals surface area contributed by atoms with Crippen LogP contribution in [-0.2, 0) is 4.74 Å². The van der Waals surface area contributed by atoms with Crippen LogP contribution in [0.15, 0.2) is 0 Å². The Morgan fingerprint density at radius 3 is 2.83 bits per heavy atom. The number of carbonyl (C=O) groups is 1. The van der Waals surface area contributed by atoms with E-state index in [2.05, 4.69) is 15.6 Å². The zero-order valence-corrected chi connectivity index (χ0v) is 14.4. The molecule has 132 valence electrons. The van der Waals surface area contributed by atoms with Crippen LogP contribution in [0, 0.1) is 6.92 Å². The molecule has 2 saturated heterocycles. The maximum atomic E-state index is 13.1. The van der Waals surface area contributed by atoms with E-state index in [9.17, 15) is 4.79 Å². The van der Waals surface area contributed by atoms with Gasteiger partial charge in [-0.2, -0.15) is 0 Å². The molecule has 1 aromatic rings. The molecule has 7 heteroatoms. The van der Waals surface area contributed by atoms with E-state index in [-0.39, 0.29) is 18.1 Å². The molecule has 1 aliphatic carbocycles. The second-order valence-electron chi connectivity index (χ2n) is 7.21. The quantitative estimate of drug-likeness (QED) is 0.883. The third-order valence-electron chi connectivity index (χ3n) is 5.78. The van der Waals surface area contributed by atoms with Crippen molar-refractivity contribution in [1.29, 1.82) is 0 Å². The minimum absolute atomic E-state index is 0.0351. The van der Waals surface area contributed by atoms with Gasteiger partial charge in [0.1, 0.15) is 0 Å². The van der Waals surface area contributed by atoms with Crippen LogP contribution >= 0.6 is 0 Å². The lowest BCUT2D eigenvalue weighted by atomic mass is 9.90. The van der Waals surface area contributed by atoms with E-state index in [0.717, 1.165) is 44.5 Å². The van der Waals surface area contributed by atoms with Gasteiger partial charge in [-0.3, -0.25) is 4.79 Å². The zero-order chi connectivity index (χ0) is 16.5. The molecule has 0 aromatic carbocycles. The van der Waals surface area contributed by atoms with E-state index >= 15 is 0 Å². The topological polar surface area (TPSA) is 72.3 Å². The Hall–Kier alpha value is -1.47. The van der Waals surface area contributed by atoms with Gasteiger partial charge >= 0.3 is 0 Å². The Labute approximate surface area is 142 Å². The number of hydrogen-bond donors (Lipinski definition) is 1. The van der Waals surface area contributed by atoms with Crippen LogP contribution in [0.3, 0.4) is 0 Å². The summed E-state index contributed by atoms with van der Waals surface area (Å²) in [4.78, 5) is 15.1. The first-order chi connectivity index (χ1) is 11.8. The molecule has 2 atom stereocenters. The standard InChI is InChI=1S/C17H27N5O2/c1-12-16(19-20-22(12)13-6-8-18-9-7-13)17(23)21-10-11-24-15-5-3-2-4-14(15)21/h13-15,18H,2-11H2,1H3/t14-,15-/m0/s1.